The van der Waals surface area contributed by atoms with Crippen molar-refractivity contribution < 1.29 is 10.0 Å². The van der Waals surface area contributed by atoms with Crippen LogP contribution in [-0.2, 0) is 0 Å². The summed E-state index contributed by atoms with van der Waals surface area (Å²) < 4.78 is 0. The minimum Gasteiger partial charge on any atom is -0.507 e. The quantitative estimate of drug-likeness (QED) is 0.341. The molecule has 0 saturated heterocycles. The van der Waals surface area contributed by atoms with Crippen molar-refractivity contribution in [2.45, 2.75) is 84.1 Å². The molecule has 0 aromatic heterocycles. The van der Waals surface area contributed by atoms with Gasteiger partial charge in [0.15, 0.2) is 0 Å². The van der Waals surface area contributed by atoms with Crippen LogP contribution in [0.1, 0.15) is 83.6 Å². The van der Waals surface area contributed by atoms with Gasteiger partial charge in [0.1, 0.15) is 5.75 Å². The van der Waals surface area contributed by atoms with E-state index in [1.165, 1.54) is 76.0 Å². The maximum Gasteiger partial charge on any atom is 0.270 e. The van der Waals surface area contributed by atoms with Crippen molar-refractivity contribution in [2.75, 3.05) is 0 Å². The Bertz CT molecular complexity index is 899. The number of fused-ring (bicyclic) bond motifs is 5. The van der Waals surface area contributed by atoms with E-state index in [-0.39, 0.29) is 22.9 Å². The van der Waals surface area contributed by atoms with Crippen molar-refractivity contribution >= 4 is 11.9 Å². The minimum absolute atomic E-state index is 0.00671. The largest absolute Gasteiger partial charge is 0.507 e. The van der Waals surface area contributed by atoms with Crippen molar-refractivity contribution in [1.82, 2.24) is 0 Å². The third-order valence-electron chi connectivity index (χ3n) is 10.1. The van der Waals surface area contributed by atoms with Crippen LogP contribution in [0.4, 0.5) is 5.69 Å². The van der Waals surface area contributed by atoms with E-state index in [2.05, 4.69) is 13.8 Å². The lowest BCUT2D eigenvalue weighted by atomic mass is 9.45. The first kappa shape index (κ1) is 21.0. The van der Waals surface area contributed by atoms with Crippen molar-refractivity contribution in [3.63, 3.8) is 0 Å². The van der Waals surface area contributed by atoms with Gasteiger partial charge in [0, 0.05) is 23.9 Å². The fourth-order valence-electron chi connectivity index (χ4n) is 8.44. The van der Waals surface area contributed by atoms with Crippen LogP contribution in [-0.4, -0.2) is 22.3 Å². The predicted octanol–water partition coefficient (Wildman–Crippen LogP) is 6.52. The number of non-ortho nitro benzene ring substituents is 1. The van der Waals surface area contributed by atoms with E-state index in [9.17, 15) is 15.2 Å². The van der Waals surface area contributed by atoms with Crippen LogP contribution in [0.2, 0.25) is 0 Å². The topological polar surface area (TPSA) is 75.7 Å². The van der Waals surface area contributed by atoms with Gasteiger partial charge in [-0.3, -0.25) is 15.1 Å². The van der Waals surface area contributed by atoms with E-state index < -0.39 is 4.92 Å². The second-order valence-corrected chi connectivity index (χ2v) is 11.3. The summed E-state index contributed by atoms with van der Waals surface area (Å²) in [6.07, 6.45) is 15.1. The first-order valence-corrected chi connectivity index (χ1v) is 12.3. The minimum atomic E-state index is -0.423. The molecule has 0 amide bonds. The molecule has 5 rings (SSSR count). The van der Waals surface area contributed by atoms with Gasteiger partial charge in [0.2, 0.25) is 0 Å². The standard InChI is InChI=1S/C26H36N2O3/c1-25-13-4-3-5-18(25)6-8-20-21-9-11-24(26(21,2)14-12-22(20)25)27-16-17-15-19(28(30)31)7-10-23(17)29/h7,10,15-16,18,20-22,24,29H,3-6,8-9,11-14H2,1-2H3/t18-,20+,21+,22+,24-,25+,26+/m1/s1. The van der Waals surface area contributed by atoms with Crippen LogP contribution in [0.25, 0.3) is 0 Å². The summed E-state index contributed by atoms with van der Waals surface area (Å²) in [6.45, 7) is 5.07. The molecule has 0 aliphatic heterocycles. The summed E-state index contributed by atoms with van der Waals surface area (Å²) in [5, 5.41) is 21.3. The summed E-state index contributed by atoms with van der Waals surface area (Å²) in [4.78, 5) is 15.6. The Balaban J connectivity index is 1.37. The molecule has 0 heterocycles. The molecule has 1 aromatic carbocycles. The van der Waals surface area contributed by atoms with Crippen molar-refractivity contribution in [3.8, 4) is 5.75 Å². The Morgan fingerprint density at radius 1 is 1.03 bits per heavy atom. The van der Waals surface area contributed by atoms with Gasteiger partial charge in [-0.05, 0) is 91.9 Å². The molecule has 5 heteroatoms. The molecule has 0 bridgehead atoms. The van der Waals surface area contributed by atoms with Crippen LogP contribution in [0.15, 0.2) is 23.2 Å². The van der Waals surface area contributed by atoms with E-state index in [1.54, 1.807) is 6.21 Å². The average Bonchev–Trinajstić information content (AvgIpc) is 3.09. The molecule has 0 unspecified atom stereocenters. The third-order valence-corrected chi connectivity index (χ3v) is 10.1. The molecular weight excluding hydrogens is 388 g/mol. The third kappa shape index (κ3) is 3.30. The monoisotopic (exact) mass is 424 g/mol. The summed E-state index contributed by atoms with van der Waals surface area (Å²) in [6, 6.07) is 4.40. The Morgan fingerprint density at radius 3 is 2.65 bits per heavy atom. The van der Waals surface area contributed by atoms with Crippen molar-refractivity contribution in [3.05, 3.63) is 33.9 Å². The lowest BCUT2D eigenvalue weighted by Gasteiger charge is -2.60. The Kier molecular flexibility index (Phi) is 5.14. The Labute approximate surface area is 185 Å². The molecule has 4 fully saturated rings. The average molecular weight is 425 g/mol. The molecule has 0 spiro atoms. The number of nitrogens with zero attached hydrogens (tertiary/aromatic N) is 2. The lowest BCUT2D eigenvalue weighted by Crippen LogP contribution is -2.53. The van der Waals surface area contributed by atoms with Crippen LogP contribution in [0.3, 0.4) is 0 Å². The first-order valence-electron chi connectivity index (χ1n) is 12.3. The number of benzene rings is 1. The summed E-state index contributed by atoms with van der Waals surface area (Å²) in [5.74, 6) is 3.46. The molecule has 4 saturated carbocycles. The van der Waals surface area contributed by atoms with E-state index in [0.29, 0.717) is 11.0 Å². The molecule has 1 N–H and O–H groups in total. The molecule has 5 nitrogen and oxygen atoms in total. The van der Waals surface area contributed by atoms with E-state index in [1.807, 2.05) is 0 Å². The number of rotatable bonds is 3. The first-order chi connectivity index (χ1) is 14.8. The van der Waals surface area contributed by atoms with Crippen LogP contribution < -0.4 is 0 Å². The number of phenols is 1. The SMILES string of the molecule is C[C@]12CCCC[C@@H]1CC[C@@H]1[C@@H]2CC[C@]2(C)[C@H](N=Cc3cc([N+](=O)[O-])ccc3O)CC[C@@H]12. The van der Waals surface area contributed by atoms with E-state index in [0.717, 1.165) is 30.1 Å². The number of hydrogen-bond acceptors (Lipinski definition) is 4. The van der Waals surface area contributed by atoms with Gasteiger partial charge in [0.05, 0.1) is 11.0 Å². The summed E-state index contributed by atoms with van der Waals surface area (Å²) in [7, 11) is 0. The smallest absolute Gasteiger partial charge is 0.270 e. The van der Waals surface area contributed by atoms with E-state index >= 15 is 0 Å². The molecule has 4 aliphatic rings. The zero-order chi connectivity index (χ0) is 21.8. The van der Waals surface area contributed by atoms with Gasteiger partial charge in [-0.25, -0.2) is 0 Å². The second kappa shape index (κ2) is 7.60. The highest BCUT2D eigenvalue weighted by Crippen LogP contribution is 2.66. The van der Waals surface area contributed by atoms with Gasteiger partial charge in [-0.15, -0.1) is 0 Å². The molecular formula is C26H36N2O3. The highest BCUT2D eigenvalue weighted by Gasteiger charge is 2.59. The van der Waals surface area contributed by atoms with Crippen LogP contribution >= 0.6 is 0 Å². The number of nitro benzene ring substituents is 1. The van der Waals surface area contributed by atoms with Crippen LogP contribution in [0.5, 0.6) is 5.75 Å². The molecule has 7 atom stereocenters. The normalized spacial score (nSPS) is 42.1. The molecule has 1 aromatic rings. The number of nitro groups is 1. The lowest BCUT2D eigenvalue weighted by molar-refractivity contribution is -0.384. The number of aliphatic imine (C=N–C) groups is 1. The van der Waals surface area contributed by atoms with E-state index in [4.69, 9.17) is 4.99 Å². The Morgan fingerprint density at radius 2 is 1.84 bits per heavy atom. The van der Waals surface area contributed by atoms with Gasteiger partial charge >= 0.3 is 0 Å². The van der Waals surface area contributed by atoms with Gasteiger partial charge < -0.3 is 5.11 Å². The number of phenolic OH excluding ortho intramolecular Hbond substituents is 1. The van der Waals surface area contributed by atoms with Gasteiger partial charge in [-0.2, -0.15) is 0 Å². The molecule has 31 heavy (non-hydrogen) atoms. The number of hydrogen-bond donors (Lipinski definition) is 1. The summed E-state index contributed by atoms with van der Waals surface area (Å²) in [5.41, 5.74) is 1.21. The fourth-order valence-corrected chi connectivity index (χ4v) is 8.44. The highest BCUT2D eigenvalue weighted by atomic mass is 16.6. The maximum absolute atomic E-state index is 11.1. The van der Waals surface area contributed by atoms with Crippen LogP contribution in [0, 0.1) is 44.6 Å². The molecule has 4 aliphatic carbocycles. The Hall–Kier alpha value is -1.91. The molecule has 0 radical (unpaired) electrons. The van der Waals surface area contributed by atoms with Gasteiger partial charge in [0.25, 0.3) is 5.69 Å². The zero-order valence-electron chi connectivity index (χ0n) is 18.9. The fraction of sp³-hybridized carbons (Fsp3) is 0.731. The van der Waals surface area contributed by atoms with Crippen molar-refractivity contribution in [2.24, 2.45) is 39.5 Å². The number of aromatic hydroxyl groups is 1. The summed E-state index contributed by atoms with van der Waals surface area (Å²) >= 11 is 0. The predicted molar refractivity (Wildman–Crippen MR) is 122 cm³/mol. The maximum atomic E-state index is 11.1. The van der Waals surface area contributed by atoms with Crippen molar-refractivity contribution in [1.29, 1.82) is 0 Å². The molecule has 168 valence electrons. The second-order valence-electron chi connectivity index (χ2n) is 11.3. The highest BCUT2D eigenvalue weighted by molar-refractivity contribution is 5.84. The zero-order valence-corrected chi connectivity index (χ0v) is 18.9. The van der Waals surface area contributed by atoms with Gasteiger partial charge in [-0.1, -0.05) is 26.7 Å².